The molecule has 3 atom stereocenters. The van der Waals surface area contributed by atoms with E-state index >= 15 is 0 Å². The van der Waals surface area contributed by atoms with Gasteiger partial charge in [0.2, 0.25) is 11.8 Å². The third-order valence-electron chi connectivity index (χ3n) is 11.8. The van der Waals surface area contributed by atoms with Gasteiger partial charge in [0.25, 0.3) is 17.4 Å². The van der Waals surface area contributed by atoms with Crippen molar-refractivity contribution in [2.75, 3.05) is 38.1 Å². The molecule has 19 heteroatoms. The van der Waals surface area contributed by atoms with E-state index in [1.54, 1.807) is 50.8 Å². The zero-order chi connectivity index (χ0) is 51.9. The summed E-state index contributed by atoms with van der Waals surface area (Å²) < 4.78 is 5.11. The molecule has 1 aliphatic rings. The van der Waals surface area contributed by atoms with Crippen LogP contribution in [0.25, 0.3) is 11.8 Å². The number of nitrogens with zero attached hydrogens (tertiary/aromatic N) is 2. The van der Waals surface area contributed by atoms with Crippen molar-refractivity contribution in [3.63, 3.8) is 0 Å². The number of aromatic nitrogens is 1. The Kier molecular flexibility index (Phi) is 20.3. The van der Waals surface area contributed by atoms with Crippen molar-refractivity contribution in [2.45, 2.75) is 119 Å². The van der Waals surface area contributed by atoms with Crippen molar-refractivity contribution in [2.24, 2.45) is 11.1 Å². The van der Waals surface area contributed by atoms with Gasteiger partial charge in [0.15, 0.2) is 6.61 Å². The second kappa shape index (κ2) is 25.6. The molecule has 1 saturated heterocycles. The topological polar surface area (TPSA) is 276 Å². The van der Waals surface area contributed by atoms with E-state index in [1.165, 1.54) is 16.7 Å². The highest BCUT2D eigenvalue weighted by Gasteiger charge is 2.44. The lowest BCUT2D eigenvalue weighted by Gasteiger charge is -2.35. The number of aryl methyl sites for hydroxylation is 3. The summed E-state index contributed by atoms with van der Waals surface area (Å²) in [4.78, 5) is 85.0. The number of carbonyl (C=O) groups excluding carboxylic acids is 5. The van der Waals surface area contributed by atoms with Crippen LogP contribution in [0, 0.1) is 24.7 Å². The number of likely N-dealkylation sites (N-methyl/N-ethyl adjacent to an activating group) is 1. The van der Waals surface area contributed by atoms with Crippen molar-refractivity contribution < 1.29 is 33.8 Å². The molecule has 0 saturated carbocycles. The lowest BCUT2D eigenvalue weighted by Crippen LogP contribution is -2.58. The van der Waals surface area contributed by atoms with Crippen LogP contribution in [0.4, 0.5) is 10.5 Å². The summed E-state index contributed by atoms with van der Waals surface area (Å²) in [7, 11) is 0. The minimum atomic E-state index is -1.11. The van der Waals surface area contributed by atoms with Crippen LogP contribution in [0.15, 0.2) is 59.4 Å². The Hall–Kier alpha value is -6.99. The Morgan fingerprint density at radius 1 is 1.01 bits per heavy atom. The zero-order valence-corrected chi connectivity index (χ0v) is 42.2. The Labute approximate surface area is 410 Å². The van der Waals surface area contributed by atoms with Gasteiger partial charge in [-0.05, 0) is 105 Å². The first-order chi connectivity index (χ1) is 33.1. The largest absolute Gasteiger partial charge is 0.439 e. The number of β-amino-alcohol motifs (C(OH)–C–C–N with tert-alkyl or cyclic N) is 1. The van der Waals surface area contributed by atoms with Gasteiger partial charge in [0.05, 0.1) is 11.7 Å². The summed E-state index contributed by atoms with van der Waals surface area (Å²) >= 11 is 0. The molecule has 2 aromatic carbocycles. The minimum Gasteiger partial charge on any atom is -0.439 e. The molecule has 0 spiro atoms. The number of H-pyrrole nitrogens is 1. The number of carbonyl (C=O) groups is 5. The molecule has 1 unspecified atom stereocenters. The summed E-state index contributed by atoms with van der Waals surface area (Å²) in [6, 6.07) is 11.3. The second-order valence-corrected chi connectivity index (χ2v) is 18.8. The number of nitrogens with two attached hydrogens (primary N) is 1. The molecule has 1 aliphatic heterocycles. The predicted octanol–water partition coefficient (Wildman–Crippen LogP) is 2.07. The number of hydrazine groups is 1. The number of nitrogens with one attached hydrogen (secondary N) is 8. The molecule has 19 nitrogen and oxygen atoms in total. The van der Waals surface area contributed by atoms with Crippen LogP contribution in [0.3, 0.4) is 0 Å². The number of anilines is 1. The maximum Gasteiger partial charge on any atom is 0.422 e. The number of benzene rings is 2. The first-order valence-electron chi connectivity index (χ1n) is 23.7. The normalized spacial score (nSPS) is 15.9. The number of allylic oxidation sites excluding steroid dienone is 1. The zero-order valence-electron chi connectivity index (χ0n) is 42.2. The minimum absolute atomic E-state index is 0.0161. The Bertz CT molecular complexity index is 2580. The van der Waals surface area contributed by atoms with E-state index in [1.807, 2.05) is 71.0 Å². The molecule has 3 aromatic rings. The van der Waals surface area contributed by atoms with Gasteiger partial charge in [-0.2, -0.15) is 0 Å². The monoisotopic (exact) mass is 968 g/mol. The highest BCUT2D eigenvalue weighted by molar-refractivity contribution is 5.96. The van der Waals surface area contributed by atoms with Crippen molar-refractivity contribution in [3.8, 4) is 0 Å². The number of aromatic amines is 1. The number of aliphatic hydroxyl groups excluding tert-OH is 1. The van der Waals surface area contributed by atoms with Gasteiger partial charge in [-0.25, -0.2) is 10.2 Å². The average Bonchev–Trinajstić information content (AvgIpc) is 3.71. The quantitative estimate of drug-likeness (QED) is 0.0338. The maximum atomic E-state index is 13.9. The van der Waals surface area contributed by atoms with Crippen LogP contribution >= 0.6 is 0 Å². The first kappa shape index (κ1) is 55.6. The van der Waals surface area contributed by atoms with E-state index in [0.717, 1.165) is 28.8 Å². The Morgan fingerprint density at radius 3 is 2.31 bits per heavy atom. The van der Waals surface area contributed by atoms with Gasteiger partial charge in [-0.15, -0.1) is 0 Å². The summed E-state index contributed by atoms with van der Waals surface area (Å²) in [5.41, 5.74) is 15.8. The molecule has 70 heavy (non-hydrogen) atoms. The Balaban J connectivity index is 1.31. The maximum absolute atomic E-state index is 13.9. The van der Waals surface area contributed by atoms with Crippen LogP contribution in [-0.2, 0) is 38.6 Å². The van der Waals surface area contributed by atoms with Crippen LogP contribution in [0.5, 0.6) is 0 Å². The molecular formula is C51H73N11O8. The highest BCUT2D eigenvalue weighted by atomic mass is 16.6. The number of amidine groups is 1. The number of rotatable bonds is 20. The van der Waals surface area contributed by atoms with Gasteiger partial charge < -0.3 is 51.6 Å². The predicted molar refractivity (Wildman–Crippen MR) is 272 cm³/mol. The SMILES string of the molecule is CCc1ccc(CNC(=O)[C@@H]2CC(O)CN2C(=O)[C@@H](NC(=O)COC(=O)NNCCN(CC)C(=N)C=CC(C)=c2cc(NC(C)C)c(=CN)c(C(=O)NCc3c(C)cc(C)[nH]c3=O)c2)C(C)(C)C)cc1. The van der Waals surface area contributed by atoms with Crippen LogP contribution in [0.1, 0.15) is 100 Å². The fraction of sp³-hybridized carbons (Fsp3) is 0.471. The van der Waals surface area contributed by atoms with Gasteiger partial charge in [-0.1, -0.05) is 58.0 Å². The molecule has 1 fully saturated rings. The lowest BCUT2D eigenvalue weighted by molar-refractivity contribution is -0.144. The first-order valence-corrected chi connectivity index (χ1v) is 23.7. The molecule has 4 rings (SSSR count). The fourth-order valence-electron chi connectivity index (χ4n) is 7.91. The molecular weight excluding hydrogens is 895 g/mol. The smallest absolute Gasteiger partial charge is 0.422 e. The van der Waals surface area contributed by atoms with E-state index in [-0.39, 0.29) is 50.0 Å². The molecule has 380 valence electrons. The Morgan fingerprint density at radius 2 is 1.70 bits per heavy atom. The van der Waals surface area contributed by atoms with Gasteiger partial charge in [-0.3, -0.25) is 34.8 Å². The van der Waals surface area contributed by atoms with E-state index < -0.39 is 59.9 Å². The molecule has 1 aromatic heterocycles. The average molecular weight is 968 g/mol. The summed E-state index contributed by atoms with van der Waals surface area (Å²) in [6.45, 7) is 19.1. The molecule has 0 radical (unpaired) electrons. The molecule has 11 N–H and O–H groups in total. The number of hydrogen-bond acceptors (Lipinski definition) is 12. The number of pyridine rings is 1. The highest BCUT2D eigenvalue weighted by Crippen LogP contribution is 2.26. The standard InChI is InChI=1S/C51H73N11O8/c1-11-34-14-16-35(17-15-34)26-54-48(67)42-24-37(63)28-62(42)49(68)45(51(8,9)10)59-44(64)29-70-50(69)60-56-19-20-61(12-2)43(53)18-13-31(5)36-22-38(39(25-52)41(23-36)57-30(3)4)46(65)55-27-40-32(6)21-33(7)58-47(40)66/h13-18,21-23,25,30,37,42,45,53,56-57,63H,11-12,19-20,24,26-29,52H2,1-10H3,(H,54,67)(H,55,65)(H,58,66)(H,59,64)(H,60,69)/t37?,42-,45+/m0/s1. The van der Waals surface area contributed by atoms with E-state index in [2.05, 4.69) is 44.0 Å². The number of ether oxygens (including phenoxy) is 1. The molecule has 0 bridgehead atoms. The molecule has 0 aliphatic carbocycles. The van der Waals surface area contributed by atoms with Gasteiger partial charge >= 0.3 is 6.09 Å². The van der Waals surface area contributed by atoms with Gasteiger partial charge in [0, 0.05) is 80.1 Å². The third kappa shape index (κ3) is 15.8. The second-order valence-electron chi connectivity index (χ2n) is 18.8. The van der Waals surface area contributed by atoms with E-state index in [4.69, 9.17) is 15.9 Å². The number of hydrogen-bond donors (Lipinski definition) is 10. The third-order valence-corrected chi connectivity index (χ3v) is 11.8. The van der Waals surface area contributed by atoms with Crippen molar-refractivity contribution in [3.05, 3.63) is 109 Å². The summed E-state index contributed by atoms with van der Waals surface area (Å²) in [5, 5.41) is 32.3. The van der Waals surface area contributed by atoms with Crippen LogP contribution in [0.2, 0.25) is 0 Å². The van der Waals surface area contributed by atoms with Gasteiger partial charge in [0.1, 0.15) is 17.9 Å². The number of likely N-dealkylation sites (tertiary alicyclic amines) is 1. The summed E-state index contributed by atoms with van der Waals surface area (Å²) in [5.74, 6) is -1.93. The number of amides is 5. The fourth-order valence-corrected chi connectivity index (χ4v) is 7.91. The van der Waals surface area contributed by atoms with Crippen LogP contribution < -0.4 is 53.8 Å². The molecule has 5 amide bonds. The van der Waals surface area contributed by atoms with E-state index in [0.29, 0.717) is 40.3 Å². The van der Waals surface area contributed by atoms with Crippen molar-refractivity contribution >= 4 is 53.0 Å². The van der Waals surface area contributed by atoms with Crippen molar-refractivity contribution in [1.82, 2.24) is 41.6 Å². The lowest BCUT2D eigenvalue weighted by atomic mass is 9.85. The van der Waals surface area contributed by atoms with Crippen molar-refractivity contribution in [1.29, 1.82) is 5.41 Å². The van der Waals surface area contributed by atoms with Crippen LogP contribution in [-0.4, -0.2) is 112 Å². The molecule has 2 heterocycles. The van der Waals surface area contributed by atoms with E-state index in [9.17, 15) is 33.9 Å². The number of aliphatic hydroxyl groups is 1. The summed E-state index contributed by atoms with van der Waals surface area (Å²) in [6.07, 6.45) is 3.84.